The van der Waals surface area contributed by atoms with E-state index in [1.165, 1.54) is 0 Å². The molecule has 0 amide bonds. The summed E-state index contributed by atoms with van der Waals surface area (Å²) in [6, 6.07) is 16.0. The van der Waals surface area contributed by atoms with Crippen molar-refractivity contribution >= 4 is 0 Å². The number of aliphatic hydroxyl groups is 1. The number of aryl methyl sites for hydroxylation is 1. The maximum absolute atomic E-state index is 10.2. The Labute approximate surface area is 127 Å². The zero-order valence-electron chi connectivity index (χ0n) is 12.9. The van der Waals surface area contributed by atoms with Gasteiger partial charge in [-0.05, 0) is 37.6 Å². The fraction of sp³-hybridized carbons (Fsp3) is 0.389. The lowest BCUT2D eigenvalue weighted by Crippen LogP contribution is -2.25. The molecular weight excluding hydrogens is 260 g/mol. The van der Waals surface area contributed by atoms with Crippen LogP contribution < -0.4 is 0 Å². The lowest BCUT2D eigenvalue weighted by atomic mass is 10.1. The summed E-state index contributed by atoms with van der Waals surface area (Å²) in [6.45, 7) is 6.81. The van der Waals surface area contributed by atoms with Crippen molar-refractivity contribution in [1.29, 1.82) is 0 Å². The molecule has 0 fully saturated rings. The Morgan fingerprint density at radius 2 is 1.86 bits per heavy atom. The molecule has 0 aliphatic heterocycles. The second-order valence-corrected chi connectivity index (χ2v) is 5.35. The van der Waals surface area contributed by atoms with Crippen LogP contribution in [0.25, 0.3) is 0 Å². The van der Waals surface area contributed by atoms with Gasteiger partial charge < -0.3 is 5.11 Å². The SMILES string of the molecule is CCN(CCC(O)c1ccccc1)Cc1cccc(C)n1. The van der Waals surface area contributed by atoms with Gasteiger partial charge in [0.15, 0.2) is 0 Å². The van der Waals surface area contributed by atoms with Crippen molar-refractivity contribution in [2.75, 3.05) is 13.1 Å². The van der Waals surface area contributed by atoms with Gasteiger partial charge in [0.1, 0.15) is 0 Å². The molecule has 3 heteroatoms. The summed E-state index contributed by atoms with van der Waals surface area (Å²) in [5.74, 6) is 0. The molecule has 0 aliphatic carbocycles. The number of rotatable bonds is 7. The Morgan fingerprint density at radius 3 is 2.52 bits per heavy atom. The molecule has 21 heavy (non-hydrogen) atoms. The molecule has 1 aromatic heterocycles. The van der Waals surface area contributed by atoms with Gasteiger partial charge in [0.2, 0.25) is 0 Å². The van der Waals surface area contributed by atoms with Crippen molar-refractivity contribution in [3.8, 4) is 0 Å². The summed E-state index contributed by atoms with van der Waals surface area (Å²) in [5, 5.41) is 10.2. The topological polar surface area (TPSA) is 36.4 Å². The van der Waals surface area contributed by atoms with Crippen molar-refractivity contribution in [2.45, 2.75) is 32.9 Å². The molecular formula is C18H24N2O. The lowest BCUT2D eigenvalue weighted by Gasteiger charge is -2.22. The van der Waals surface area contributed by atoms with E-state index in [1.54, 1.807) is 0 Å². The third kappa shape index (κ3) is 4.96. The molecule has 0 aliphatic rings. The number of hydrogen-bond donors (Lipinski definition) is 1. The van der Waals surface area contributed by atoms with Crippen LogP contribution in [0.3, 0.4) is 0 Å². The first-order valence-electron chi connectivity index (χ1n) is 7.57. The summed E-state index contributed by atoms with van der Waals surface area (Å²) in [4.78, 5) is 6.86. The fourth-order valence-electron chi connectivity index (χ4n) is 2.41. The van der Waals surface area contributed by atoms with Gasteiger partial charge in [-0.3, -0.25) is 9.88 Å². The quantitative estimate of drug-likeness (QED) is 0.847. The maximum atomic E-state index is 10.2. The minimum atomic E-state index is -0.397. The van der Waals surface area contributed by atoms with E-state index in [0.29, 0.717) is 0 Å². The Kier molecular flexibility index (Phi) is 5.90. The highest BCUT2D eigenvalue weighted by Gasteiger charge is 2.10. The number of nitrogens with zero attached hydrogens (tertiary/aromatic N) is 2. The minimum absolute atomic E-state index is 0.397. The average Bonchev–Trinajstić information content (AvgIpc) is 2.52. The van der Waals surface area contributed by atoms with Crippen LogP contribution in [0.15, 0.2) is 48.5 Å². The highest BCUT2D eigenvalue weighted by Crippen LogP contribution is 2.16. The van der Waals surface area contributed by atoms with Gasteiger partial charge in [-0.1, -0.05) is 43.3 Å². The molecule has 1 heterocycles. The smallest absolute Gasteiger partial charge is 0.0802 e. The van der Waals surface area contributed by atoms with Crippen molar-refractivity contribution in [3.63, 3.8) is 0 Å². The molecule has 0 radical (unpaired) electrons. The van der Waals surface area contributed by atoms with E-state index < -0.39 is 6.10 Å². The molecule has 0 saturated carbocycles. The van der Waals surface area contributed by atoms with Gasteiger partial charge in [-0.25, -0.2) is 0 Å². The summed E-state index contributed by atoms with van der Waals surface area (Å²) >= 11 is 0. The Bertz CT molecular complexity index is 542. The third-order valence-electron chi connectivity index (χ3n) is 3.68. The van der Waals surface area contributed by atoms with Crippen LogP contribution in [0.5, 0.6) is 0 Å². The second-order valence-electron chi connectivity index (χ2n) is 5.35. The van der Waals surface area contributed by atoms with Crippen molar-refractivity contribution in [2.24, 2.45) is 0 Å². The number of benzene rings is 1. The van der Waals surface area contributed by atoms with Gasteiger partial charge in [0, 0.05) is 18.8 Å². The fourth-order valence-corrected chi connectivity index (χ4v) is 2.41. The van der Waals surface area contributed by atoms with Gasteiger partial charge in [-0.15, -0.1) is 0 Å². The molecule has 1 N–H and O–H groups in total. The Hall–Kier alpha value is -1.71. The van der Waals surface area contributed by atoms with Crippen molar-refractivity contribution < 1.29 is 5.11 Å². The molecule has 1 unspecified atom stereocenters. The van der Waals surface area contributed by atoms with Crippen LogP contribution in [0.1, 0.15) is 36.4 Å². The highest BCUT2D eigenvalue weighted by atomic mass is 16.3. The predicted octanol–water partition coefficient (Wildman–Crippen LogP) is 3.34. The molecule has 3 nitrogen and oxygen atoms in total. The van der Waals surface area contributed by atoms with E-state index in [0.717, 1.165) is 43.0 Å². The van der Waals surface area contributed by atoms with Crippen molar-refractivity contribution in [3.05, 3.63) is 65.5 Å². The van der Waals surface area contributed by atoms with Crippen LogP contribution in [-0.4, -0.2) is 28.1 Å². The zero-order chi connectivity index (χ0) is 15.1. The van der Waals surface area contributed by atoms with Crippen LogP contribution in [0, 0.1) is 6.92 Å². The highest BCUT2D eigenvalue weighted by molar-refractivity contribution is 5.17. The molecule has 0 bridgehead atoms. The molecule has 2 aromatic rings. The monoisotopic (exact) mass is 284 g/mol. The third-order valence-corrected chi connectivity index (χ3v) is 3.68. The minimum Gasteiger partial charge on any atom is -0.388 e. The largest absolute Gasteiger partial charge is 0.388 e. The first-order chi connectivity index (χ1) is 10.2. The Balaban J connectivity index is 1.88. The number of aliphatic hydroxyl groups excluding tert-OH is 1. The van der Waals surface area contributed by atoms with Gasteiger partial charge in [-0.2, -0.15) is 0 Å². The molecule has 112 valence electrons. The summed E-state index contributed by atoms with van der Waals surface area (Å²) in [7, 11) is 0. The van der Waals surface area contributed by atoms with Gasteiger partial charge >= 0.3 is 0 Å². The molecule has 1 aromatic carbocycles. The van der Waals surface area contributed by atoms with E-state index in [2.05, 4.69) is 22.9 Å². The summed E-state index contributed by atoms with van der Waals surface area (Å²) in [5.41, 5.74) is 3.13. The maximum Gasteiger partial charge on any atom is 0.0802 e. The first-order valence-corrected chi connectivity index (χ1v) is 7.57. The summed E-state index contributed by atoms with van der Waals surface area (Å²) in [6.07, 6.45) is 0.342. The average molecular weight is 284 g/mol. The van der Waals surface area contributed by atoms with E-state index in [9.17, 15) is 5.11 Å². The number of hydrogen-bond acceptors (Lipinski definition) is 3. The van der Waals surface area contributed by atoms with Gasteiger partial charge in [0.25, 0.3) is 0 Å². The summed E-state index contributed by atoms with van der Waals surface area (Å²) < 4.78 is 0. The van der Waals surface area contributed by atoms with Crippen LogP contribution in [0.2, 0.25) is 0 Å². The Morgan fingerprint density at radius 1 is 1.10 bits per heavy atom. The first kappa shape index (κ1) is 15.7. The molecule has 1 atom stereocenters. The van der Waals surface area contributed by atoms with E-state index in [4.69, 9.17) is 0 Å². The second kappa shape index (κ2) is 7.91. The van der Waals surface area contributed by atoms with E-state index in [-0.39, 0.29) is 0 Å². The zero-order valence-corrected chi connectivity index (χ0v) is 12.9. The normalized spacial score (nSPS) is 12.6. The standard InChI is InChI=1S/C18H24N2O/c1-3-20(14-17-11-7-8-15(2)19-17)13-12-18(21)16-9-5-4-6-10-16/h4-11,18,21H,3,12-14H2,1-2H3. The van der Waals surface area contributed by atoms with Crippen LogP contribution >= 0.6 is 0 Å². The molecule has 0 saturated heterocycles. The van der Waals surface area contributed by atoms with Gasteiger partial charge in [0.05, 0.1) is 11.8 Å². The van der Waals surface area contributed by atoms with Crippen molar-refractivity contribution in [1.82, 2.24) is 9.88 Å². The van der Waals surface area contributed by atoms with E-state index in [1.807, 2.05) is 49.4 Å². The predicted molar refractivity (Wildman–Crippen MR) is 85.9 cm³/mol. The molecule has 0 spiro atoms. The molecule has 2 rings (SSSR count). The van der Waals surface area contributed by atoms with E-state index >= 15 is 0 Å². The number of pyridine rings is 1. The lowest BCUT2D eigenvalue weighted by molar-refractivity contribution is 0.141. The van der Waals surface area contributed by atoms with Crippen LogP contribution in [0.4, 0.5) is 0 Å². The van der Waals surface area contributed by atoms with Crippen LogP contribution in [-0.2, 0) is 6.54 Å². The number of aromatic nitrogens is 1.